The van der Waals surface area contributed by atoms with Crippen molar-refractivity contribution in [2.45, 2.75) is 156 Å². The molecule has 12 nitrogen and oxygen atoms in total. The number of hydrogen-bond donors (Lipinski definition) is 1. The van der Waals surface area contributed by atoms with Crippen LogP contribution in [0.3, 0.4) is 0 Å². The Bertz CT molecular complexity index is 993. The summed E-state index contributed by atoms with van der Waals surface area (Å²) in [4.78, 5) is 13.1. The van der Waals surface area contributed by atoms with Gasteiger partial charge in [-0.2, -0.15) is 0 Å². The first-order valence-corrected chi connectivity index (χ1v) is 15.8. The summed E-state index contributed by atoms with van der Waals surface area (Å²) in [7, 11) is 0. The summed E-state index contributed by atoms with van der Waals surface area (Å²) < 4.78 is 59.2. The molecule has 6 aliphatic rings. The van der Waals surface area contributed by atoms with E-state index in [4.69, 9.17) is 82.2 Å². The minimum Gasteiger partial charge on any atom is -0.438 e. The molecule has 6 fully saturated rings. The van der Waals surface area contributed by atoms with Crippen molar-refractivity contribution in [1.82, 2.24) is 5.32 Å². The van der Waals surface area contributed by atoms with Gasteiger partial charge in [0.15, 0.2) is 30.3 Å². The monoisotopic (exact) mass is 659 g/mol. The molecule has 11 atom stereocenters. The molecule has 240 valence electrons. The van der Waals surface area contributed by atoms with Gasteiger partial charge in [-0.15, -0.1) is 0 Å². The van der Waals surface area contributed by atoms with E-state index in [0.29, 0.717) is 0 Å². The van der Waals surface area contributed by atoms with Gasteiger partial charge < -0.3 is 52.7 Å². The van der Waals surface area contributed by atoms with Crippen molar-refractivity contribution in [2.75, 3.05) is 6.61 Å². The molecular weight excluding hydrogens is 621 g/mol. The van der Waals surface area contributed by atoms with Gasteiger partial charge >= 0.3 is 6.09 Å². The molecule has 15 heteroatoms. The van der Waals surface area contributed by atoms with Crippen LogP contribution >= 0.6 is 34.8 Å². The molecule has 0 unspecified atom stereocenters. The first-order chi connectivity index (χ1) is 19.7. The van der Waals surface area contributed by atoms with Crippen molar-refractivity contribution in [2.24, 2.45) is 0 Å². The lowest BCUT2D eigenvalue weighted by molar-refractivity contribution is -0.296. The number of nitrogens with one attached hydrogen (secondary N) is 1. The fourth-order valence-electron chi connectivity index (χ4n) is 6.64. The van der Waals surface area contributed by atoms with E-state index in [1.807, 2.05) is 27.7 Å². The second kappa shape index (κ2) is 11.9. The van der Waals surface area contributed by atoms with Gasteiger partial charge in [0.1, 0.15) is 36.6 Å². The van der Waals surface area contributed by atoms with Gasteiger partial charge in [0.25, 0.3) is 0 Å². The summed E-state index contributed by atoms with van der Waals surface area (Å²) >= 11 is 18.3. The van der Waals surface area contributed by atoms with Gasteiger partial charge in [0, 0.05) is 6.04 Å². The molecule has 0 radical (unpaired) electrons. The Morgan fingerprint density at radius 3 is 2.19 bits per heavy atom. The first-order valence-electron chi connectivity index (χ1n) is 14.7. The first kappa shape index (κ1) is 31.7. The third kappa shape index (κ3) is 6.66. The molecule has 5 saturated heterocycles. The molecule has 5 aliphatic heterocycles. The van der Waals surface area contributed by atoms with Gasteiger partial charge in [-0.1, -0.05) is 54.1 Å². The van der Waals surface area contributed by atoms with Crippen molar-refractivity contribution < 1.29 is 52.2 Å². The molecular formula is C27H40Cl3NO11. The Kier molecular flexibility index (Phi) is 8.96. The number of carbonyl (C=O) groups is 1. The van der Waals surface area contributed by atoms with E-state index in [2.05, 4.69) is 5.32 Å². The van der Waals surface area contributed by atoms with Gasteiger partial charge in [-0.25, -0.2) is 4.79 Å². The van der Waals surface area contributed by atoms with Crippen LogP contribution in [-0.4, -0.2) is 102 Å². The Balaban J connectivity index is 1.18. The summed E-state index contributed by atoms with van der Waals surface area (Å²) in [6.45, 7) is 9.09. The molecule has 0 aromatic heterocycles. The number of amides is 1. The number of halogens is 3. The van der Waals surface area contributed by atoms with Crippen molar-refractivity contribution in [3.05, 3.63) is 0 Å². The molecule has 42 heavy (non-hydrogen) atoms. The van der Waals surface area contributed by atoms with Gasteiger partial charge in [0.2, 0.25) is 10.1 Å². The zero-order valence-electron chi connectivity index (χ0n) is 24.3. The molecule has 1 amide bonds. The van der Waals surface area contributed by atoms with Crippen LogP contribution in [0.15, 0.2) is 0 Å². The molecule has 1 aliphatic carbocycles. The van der Waals surface area contributed by atoms with Crippen molar-refractivity contribution in [1.29, 1.82) is 0 Å². The van der Waals surface area contributed by atoms with E-state index in [-0.39, 0.29) is 12.6 Å². The molecule has 0 aromatic rings. The smallest absolute Gasteiger partial charge is 0.407 e. The third-order valence-corrected chi connectivity index (χ3v) is 8.94. The van der Waals surface area contributed by atoms with E-state index in [1.165, 1.54) is 0 Å². The van der Waals surface area contributed by atoms with Crippen molar-refractivity contribution >= 4 is 40.9 Å². The zero-order chi connectivity index (χ0) is 30.0. The highest BCUT2D eigenvalue weighted by Gasteiger charge is 2.62. The summed E-state index contributed by atoms with van der Waals surface area (Å²) in [5.74, 6) is -1.72. The normalized spacial score (nSPS) is 44.7. The zero-order valence-corrected chi connectivity index (χ0v) is 26.6. The van der Waals surface area contributed by atoms with E-state index in [0.717, 1.165) is 32.1 Å². The van der Waals surface area contributed by atoms with Crippen LogP contribution in [0.25, 0.3) is 0 Å². The van der Waals surface area contributed by atoms with Crippen LogP contribution in [0.2, 0.25) is 0 Å². The lowest BCUT2D eigenvalue weighted by atomic mass is 9.96. The summed E-state index contributed by atoms with van der Waals surface area (Å²) in [6, 6.07) is 0.0285. The number of alkyl carbamates (subject to hydrolysis) is 1. The maximum atomic E-state index is 13.1. The predicted octanol–water partition coefficient (Wildman–Crippen LogP) is 4.05. The lowest BCUT2D eigenvalue weighted by Gasteiger charge is -2.42. The molecule has 0 bridgehead atoms. The Morgan fingerprint density at radius 1 is 0.833 bits per heavy atom. The molecule has 0 aromatic carbocycles. The highest BCUT2D eigenvalue weighted by Crippen LogP contribution is 2.46. The maximum absolute atomic E-state index is 13.1. The second-order valence-electron chi connectivity index (χ2n) is 12.7. The fraction of sp³-hybridized carbons (Fsp3) is 0.963. The topological polar surface area (TPSA) is 121 Å². The quantitative estimate of drug-likeness (QED) is 0.430. The van der Waals surface area contributed by atoms with E-state index in [9.17, 15) is 4.79 Å². The SMILES string of the molecule is C[C@@H]1O[C@@H](OC[C@H]2O[C@@H]3OC(C)(C)O[C@@H]3[C@H]3OC(C)(C)O[C@H]32)[C@H](OC(=O)NC2CCCCC2)[C@H]2O[C@H](C(Cl)(Cl)Cl)O[C@H]21. The molecule has 1 N–H and O–H groups in total. The van der Waals surface area contributed by atoms with Crippen LogP contribution < -0.4 is 5.32 Å². The summed E-state index contributed by atoms with van der Waals surface area (Å²) in [5.41, 5.74) is 0. The van der Waals surface area contributed by atoms with Gasteiger partial charge in [-0.05, 0) is 47.5 Å². The van der Waals surface area contributed by atoms with Gasteiger partial charge in [0.05, 0.1) is 12.7 Å². The predicted molar refractivity (Wildman–Crippen MR) is 147 cm³/mol. The number of rotatable bonds is 5. The Morgan fingerprint density at radius 2 is 1.48 bits per heavy atom. The lowest BCUT2D eigenvalue weighted by Crippen LogP contribution is -2.60. The Hall–Kier alpha value is -0.220. The van der Waals surface area contributed by atoms with Crippen LogP contribution in [0.5, 0.6) is 0 Å². The molecule has 1 saturated carbocycles. The minimum absolute atomic E-state index is 0.00122. The highest BCUT2D eigenvalue weighted by atomic mass is 35.6. The summed E-state index contributed by atoms with van der Waals surface area (Å²) in [5, 5.41) is 2.96. The fourth-order valence-corrected chi connectivity index (χ4v) is 6.94. The molecule has 6 rings (SSSR count). The number of carbonyl (C=O) groups excluding carboxylic acids is 1. The standard InChI is InChI=1S/C27H40Cl3NO11/c1-12-15-17(37-23(36-15)27(28,29)30)19(38-24(32)31-13-9-7-6-8-10-13)21(34-12)33-11-14-16-18(40-25(2,3)39-16)20-22(35-14)42-26(4,5)41-20/h12-23H,6-11H2,1-5H3,(H,31,32)/t12-,14+,15-,16-,17-,18-,19+,20+,21+,22+,23+/m0/s1. The van der Waals surface area contributed by atoms with E-state index < -0.39 is 89.2 Å². The van der Waals surface area contributed by atoms with Crippen LogP contribution in [0.4, 0.5) is 4.79 Å². The van der Waals surface area contributed by atoms with Gasteiger partial charge in [-0.3, -0.25) is 0 Å². The number of ether oxygens (including phenoxy) is 10. The highest BCUT2D eigenvalue weighted by molar-refractivity contribution is 6.67. The number of fused-ring (bicyclic) bond motifs is 4. The minimum atomic E-state index is -1.87. The van der Waals surface area contributed by atoms with Crippen molar-refractivity contribution in [3.8, 4) is 0 Å². The van der Waals surface area contributed by atoms with E-state index >= 15 is 0 Å². The summed E-state index contributed by atoms with van der Waals surface area (Å²) in [6.07, 6.45) is -3.64. The second-order valence-corrected chi connectivity index (χ2v) is 15.0. The average Bonchev–Trinajstić information content (AvgIpc) is 3.57. The number of alkyl halides is 3. The molecule has 0 spiro atoms. The average molecular weight is 661 g/mol. The maximum Gasteiger partial charge on any atom is 0.407 e. The largest absolute Gasteiger partial charge is 0.438 e. The van der Waals surface area contributed by atoms with Crippen LogP contribution in [-0.2, 0) is 47.4 Å². The number of hydrogen-bond acceptors (Lipinski definition) is 11. The van der Waals surface area contributed by atoms with Crippen LogP contribution in [0, 0.1) is 0 Å². The Labute approximate surface area is 260 Å². The molecule has 5 heterocycles. The van der Waals surface area contributed by atoms with E-state index in [1.54, 1.807) is 6.92 Å². The third-order valence-electron chi connectivity index (χ3n) is 8.40. The van der Waals surface area contributed by atoms with Crippen LogP contribution in [0.1, 0.15) is 66.7 Å². The van der Waals surface area contributed by atoms with Crippen molar-refractivity contribution in [3.63, 3.8) is 0 Å².